The smallest absolute Gasteiger partial charge is 0.330 e. The van der Waals surface area contributed by atoms with Gasteiger partial charge in [0.2, 0.25) is 6.41 Å². The van der Waals surface area contributed by atoms with Crippen molar-refractivity contribution >= 4 is 11.2 Å². The molecule has 3 heterocycles. The van der Waals surface area contributed by atoms with Gasteiger partial charge in [0, 0.05) is 66.1 Å². The van der Waals surface area contributed by atoms with Gasteiger partial charge in [0.25, 0.3) is 0 Å². The Morgan fingerprint density at radius 1 is 1.03 bits per heavy atom. The van der Waals surface area contributed by atoms with Crippen LogP contribution in [-0.4, -0.2) is 70.7 Å². The number of fused-ring (bicyclic) bond motifs is 1. The molecule has 0 aliphatic carbocycles. The average molecular weight is 482 g/mol. The van der Waals surface area contributed by atoms with Gasteiger partial charge in [0.1, 0.15) is 0 Å². The van der Waals surface area contributed by atoms with Crippen LogP contribution in [0.3, 0.4) is 0 Å². The van der Waals surface area contributed by atoms with Crippen molar-refractivity contribution in [2.45, 2.75) is 47.2 Å². The van der Waals surface area contributed by atoms with Gasteiger partial charge in [0.05, 0.1) is 11.2 Å². The van der Waals surface area contributed by atoms with Gasteiger partial charge in [-0.05, 0) is 41.7 Å². The highest BCUT2D eigenvalue weighted by Crippen LogP contribution is 2.27. The minimum absolute atomic E-state index is 0.00121. The van der Waals surface area contributed by atoms with Gasteiger partial charge in [-0.25, -0.2) is 9.78 Å². The number of pyridine rings is 1. The zero-order valence-corrected chi connectivity index (χ0v) is 22.2. The lowest BCUT2D eigenvalue weighted by molar-refractivity contribution is -0.203. The van der Waals surface area contributed by atoms with Crippen LogP contribution in [0.1, 0.15) is 31.9 Å². The molecule has 0 atom stereocenters. The summed E-state index contributed by atoms with van der Waals surface area (Å²) >= 11 is 0. The number of piperazine rings is 1. The van der Waals surface area contributed by atoms with E-state index in [1.54, 1.807) is 25.8 Å². The molecule has 1 aliphatic heterocycles. The molecule has 0 bridgehead atoms. The predicted octanol–water partition coefficient (Wildman–Crippen LogP) is 3.45. The van der Waals surface area contributed by atoms with Crippen molar-refractivity contribution in [3.8, 4) is 11.3 Å². The van der Waals surface area contributed by atoms with Gasteiger partial charge >= 0.3 is 5.69 Å². The number of methoxy groups -OCH3 is 2. The Bertz CT molecular complexity index is 1230. The third-order valence-corrected chi connectivity index (χ3v) is 6.71. The number of hydrogen-bond acceptors (Lipinski definition) is 6. The molecule has 0 unspecified atom stereocenters. The number of hydrogen-bond donors (Lipinski definition) is 0. The zero-order chi connectivity index (χ0) is 25.3. The summed E-state index contributed by atoms with van der Waals surface area (Å²) in [6, 6.07) is 10.7. The molecule has 3 aromatic rings. The molecule has 1 aromatic carbocycles. The largest absolute Gasteiger partial charge is 0.343 e. The Morgan fingerprint density at radius 3 is 2.34 bits per heavy atom. The van der Waals surface area contributed by atoms with Gasteiger partial charge in [0.15, 0.2) is 5.65 Å². The first-order chi connectivity index (χ1) is 16.6. The SMILES string of the molecule is COC(OC)N1CCN(Cc2ccc(C)c(-c3ccc4c(n3)n(C)c(=O)n4CC(C)(C)C)c2)CC1. The molecule has 35 heavy (non-hydrogen) atoms. The van der Waals surface area contributed by atoms with Crippen LogP contribution < -0.4 is 5.69 Å². The quantitative estimate of drug-likeness (QED) is 0.482. The van der Waals surface area contributed by atoms with E-state index in [-0.39, 0.29) is 17.5 Å². The lowest BCUT2D eigenvalue weighted by Crippen LogP contribution is -2.51. The van der Waals surface area contributed by atoms with E-state index in [0.717, 1.165) is 55.1 Å². The minimum atomic E-state index is -0.279. The molecular formula is C27H39N5O3. The topological polar surface area (TPSA) is 64.8 Å². The number of benzene rings is 1. The average Bonchev–Trinajstić information content (AvgIpc) is 3.05. The molecule has 0 N–H and O–H groups in total. The van der Waals surface area contributed by atoms with E-state index in [1.807, 2.05) is 16.7 Å². The summed E-state index contributed by atoms with van der Waals surface area (Å²) < 4.78 is 14.3. The van der Waals surface area contributed by atoms with Crippen molar-refractivity contribution in [2.24, 2.45) is 12.5 Å². The minimum Gasteiger partial charge on any atom is -0.343 e. The maximum atomic E-state index is 12.9. The van der Waals surface area contributed by atoms with E-state index in [4.69, 9.17) is 14.5 Å². The second-order valence-corrected chi connectivity index (χ2v) is 10.8. The lowest BCUT2D eigenvalue weighted by Gasteiger charge is -2.37. The van der Waals surface area contributed by atoms with Crippen molar-refractivity contribution in [3.63, 3.8) is 0 Å². The van der Waals surface area contributed by atoms with E-state index in [2.05, 4.69) is 55.7 Å². The molecule has 8 heteroatoms. The second kappa shape index (κ2) is 10.2. The monoisotopic (exact) mass is 481 g/mol. The van der Waals surface area contributed by atoms with Crippen LogP contribution in [-0.2, 0) is 29.6 Å². The molecule has 0 saturated carbocycles. The molecule has 0 radical (unpaired) electrons. The normalized spacial score (nSPS) is 16.0. The highest BCUT2D eigenvalue weighted by Gasteiger charge is 2.24. The molecule has 8 nitrogen and oxygen atoms in total. The summed E-state index contributed by atoms with van der Waals surface area (Å²) in [5.74, 6) is 0. The highest BCUT2D eigenvalue weighted by atomic mass is 16.7. The van der Waals surface area contributed by atoms with Crippen LogP contribution in [0.15, 0.2) is 35.1 Å². The molecular weight excluding hydrogens is 442 g/mol. The standard InChI is InChI=1S/C27H39N5O3/c1-19-8-9-20(17-30-12-14-31(15-13-30)26(34-6)35-7)16-21(19)22-10-11-23-24(28-22)29(5)25(33)32(23)18-27(2,3)4/h8-11,16,26H,12-15,17-18H2,1-7H3. The summed E-state index contributed by atoms with van der Waals surface area (Å²) in [5.41, 5.74) is 6.03. The van der Waals surface area contributed by atoms with E-state index in [1.165, 1.54) is 11.1 Å². The van der Waals surface area contributed by atoms with E-state index in [9.17, 15) is 4.79 Å². The van der Waals surface area contributed by atoms with Crippen LogP contribution in [0, 0.1) is 12.3 Å². The zero-order valence-electron chi connectivity index (χ0n) is 22.2. The maximum absolute atomic E-state index is 12.9. The van der Waals surface area contributed by atoms with Gasteiger partial charge in [-0.2, -0.15) is 0 Å². The van der Waals surface area contributed by atoms with Crippen LogP contribution in [0.25, 0.3) is 22.4 Å². The third kappa shape index (κ3) is 5.51. The lowest BCUT2D eigenvalue weighted by atomic mass is 9.97. The van der Waals surface area contributed by atoms with Crippen molar-refractivity contribution in [3.05, 3.63) is 51.9 Å². The molecule has 190 valence electrons. The van der Waals surface area contributed by atoms with Crippen LogP contribution >= 0.6 is 0 Å². The fraction of sp³-hybridized carbons (Fsp3) is 0.556. The molecule has 0 amide bonds. The Hall–Kier alpha value is -2.52. The number of imidazole rings is 1. The first kappa shape index (κ1) is 25.6. The Labute approximate surface area is 208 Å². The van der Waals surface area contributed by atoms with Gasteiger partial charge < -0.3 is 9.47 Å². The maximum Gasteiger partial charge on any atom is 0.330 e. The molecule has 2 aromatic heterocycles. The fourth-order valence-electron chi connectivity index (χ4n) is 4.88. The van der Waals surface area contributed by atoms with Gasteiger partial charge in [-0.1, -0.05) is 32.9 Å². The number of nitrogens with zero attached hydrogens (tertiary/aromatic N) is 5. The van der Waals surface area contributed by atoms with Crippen molar-refractivity contribution in [2.75, 3.05) is 40.4 Å². The second-order valence-electron chi connectivity index (χ2n) is 10.8. The summed E-state index contributed by atoms with van der Waals surface area (Å²) in [6.45, 7) is 13.8. The molecule has 1 aliphatic rings. The number of aryl methyl sites for hydroxylation is 2. The third-order valence-electron chi connectivity index (χ3n) is 6.71. The summed E-state index contributed by atoms with van der Waals surface area (Å²) in [6.07, 6.45) is -0.279. The van der Waals surface area contributed by atoms with Crippen molar-refractivity contribution in [1.29, 1.82) is 0 Å². The molecule has 1 saturated heterocycles. The number of aromatic nitrogens is 3. The first-order valence-electron chi connectivity index (χ1n) is 12.3. The Morgan fingerprint density at radius 2 is 1.71 bits per heavy atom. The molecule has 0 spiro atoms. The molecule has 4 rings (SSSR count). The van der Waals surface area contributed by atoms with E-state index >= 15 is 0 Å². The Kier molecular flexibility index (Phi) is 7.47. The van der Waals surface area contributed by atoms with E-state index in [0.29, 0.717) is 6.54 Å². The van der Waals surface area contributed by atoms with Gasteiger partial charge in [-0.3, -0.25) is 18.9 Å². The number of rotatable bonds is 7. The predicted molar refractivity (Wildman–Crippen MR) is 139 cm³/mol. The van der Waals surface area contributed by atoms with Crippen LogP contribution in [0.4, 0.5) is 0 Å². The van der Waals surface area contributed by atoms with Crippen LogP contribution in [0.5, 0.6) is 0 Å². The van der Waals surface area contributed by atoms with Crippen molar-refractivity contribution in [1.82, 2.24) is 23.9 Å². The first-order valence-corrected chi connectivity index (χ1v) is 12.3. The van der Waals surface area contributed by atoms with Crippen LogP contribution in [0.2, 0.25) is 0 Å². The summed E-state index contributed by atoms with van der Waals surface area (Å²) in [7, 11) is 5.16. The van der Waals surface area contributed by atoms with Crippen molar-refractivity contribution < 1.29 is 9.47 Å². The summed E-state index contributed by atoms with van der Waals surface area (Å²) in [5, 5.41) is 0. The fourth-order valence-corrected chi connectivity index (χ4v) is 4.88. The van der Waals surface area contributed by atoms with E-state index < -0.39 is 0 Å². The van der Waals surface area contributed by atoms with Gasteiger partial charge in [-0.15, -0.1) is 0 Å². The molecule has 1 fully saturated rings. The Balaban J connectivity index is 1.57. The summed E-state index contributed by atoms with van der Waals surface area (Å²) in [4.78, 5) is 22.5. The highest BCUT2D eigenvalue weighted by molar-refractivity contribution is 5.77. The number of ether oxygens (including phenoxy) is 2.